The molecule has 0 radical (unpaired) electrons. The van der Waals surface area contributed by atoms with Gasteiger partial charge in [0.25, 0.3) is 0 Å². The maximum atomic E-state index is 11.9. The fourth-order valence-corrected chi connectivity index (χ4v) is 2.35. The molecule has 0 saturated carbocycles. The van der Waals surface area contributed by atoms with Crippen molar-refractivity contribution < 1.29 is 4.74 Å². The molecule has 0 bridgehead atoms. The number of hydrogen-bond acceptors (Lipinski definition) is 4. The summed E-state index contributed by atoms with van der Waals surface area (Å²) in [4.78, 5) is 14.7. The lowest BCUT2D eigenvalue weighted by atomic mass is 10.2. The lowest BCUT2D eigenvalue weighted by molar-refractivity contribution is 0.415. The number of allylic oxidation sites excluding steroid dienone is 1. The van der Waals surface area contributed by atoms with E-state index in [2.05, 4.69) is 15.4 Å². The largest absolute Gasteiger partial charge is 0.497 e. The van der Waals surface area contributed by atoms with E-state index in [4.69, 9.17) is 4.74 Å². The number of ether oxygens (including phenoxy) is 1. The summed E-state index contributed by atoms with van der Waals surface area (Å²) in [5, 5.41) is 7.52. The number of hydrogen-bond donors (Lipinski definition) is 2. The number of benzene rings is 2. The van der Waals surface area contributed by atoms with E-state index in [0.29, 0.717) is 18.9 Å². The van der Waals surface area contributed by atoms with Gasteiger partial charge in [0, 0.05) is 5.69 Å². The molecule has 6 nitrogen and oxygen atoms in total. The van der Waals surface area contributed by atoms with E-state index in [-0.39, 0.29) is 5.69 Å². The average Bonchev–Trinajstić information content (AvgIpc) is 3.01. The van der Waals surface area contributed by atoms with Gasteiger partial charge in [0.05, 0.1) is 20.2 Å². The molecule has 0 atom stereocenters. The van der Waals surface area contributed by atoms with Crippen molar-refractivity contribution in [3.05, 3.63) is 82.5 Å². The minimum atomic E-state index is -0.218. The zero-order chi connectivity index (χ0) is 17.5. The van der Waals surface area contributed by atoms with Crippen molar-refractivity contribution in [2.75, 3.05) is 12.4 Å². The third kappa shape index (κ3) is 4.60. The maximum absolute atomic E-state index is 11.9. The first-order chi connectivity index (χ1) is 12.2. The molecule has 128 valence electrons. The molecule has 25 heavy (non-hydrogen) atoms. The molecule has 0 spiro atoms. The first-order valence-corrected chi connectivity index (χ1v) is 8.00. The van der Waals surface area contributed by atoms with Crippen molar-refractivity contribution in [2.45, 2.75) is 13.1 Å². The molecule has 2 aromatic carbocycles. The van der Waals surface area contributed by atoms with Gasteiger partial charge in [0.1, 0.15) is 11.6 Å². The minimum absolute atomic E-state index is 0.218. The highest BCUT2D eigenvalue weighted by atomic mass is 16.5. The van der Waals surface area contributed by atoms with Gasteiger partial charge in [-0.1, -0.05) is 42.5 Å². The standard InChI is InChI=1S/C19H20N4O2/c1-25-17-11-9-16(10-12-17)20-14-18-21-19(24)23(22-18)13-5-8-15-6-3-2-4-7-15/h2-12,20H,13-14H2,1H3,(H,21,22,24)/b8-5+. The minimum Gasteiger partial charge on any atom is -0.497 e. The third-order valence-corrected chi connectivity index (χ3v) is 3.67. The second kappa shape index (κ2) is 8.01. The van der Waals surface area contributed by atoms with E-state index in [1.165, 1.54) is 4.68 Å². The number of aromatic amines is 1. The lowest BCUT2D eigenvalue weighted by Gasteiger charge is -2.05. The van der Waals surface area contributed by atoms with Crippen LogP contribution in [0.4, 0.5) is 5.69 Å². The van der Waals surface area contributed by atoms with Crippen LogP contribution in [-0.4, -0.2) is 21.9 Å². The molecule has 0 aliphatic heterocycles. The molecular formula is C19H20N4O2. The normalized spacial score (nSPS) is 10.9. The van der Waals surface area contributed by atoms with Crippen LogP contribution in [0, 0.1) is 0 Å². The highest BCUT2D eigenvalue weighted by molar-refractivity contribution is 5.48. The summed E-state index contributed by atoms with van der Waals surface area (Å²) in [5.41, 5.74) is 1.80. The van der Waals surface area contributed by atoms with Crippen LogP contribution >= 0.6 is 0 Å². The highest BCUT2D eigenvalue weighted by Crippen LogP contribution is 2.15. The number of aromatic nitrogens is 3. The van der Waals surface area contributed by atoms with Gasteiger partial charge in [-0.3, -0.25) is 4.98 Å². The molecule has 3 aromatic rings. The average molecular weight is 336 g/mol. The van der Waals surface area contributed by atoms with Gasteiger partial charge in [-0.05, 0) is 29.8 Å². The molecule has 1 heterocycles. The number of nitrogens with zero attached hydrogens (tertiary/aromatic N) is 2. The second-order valence-electron chi connectivity index (χ2n) is 5.45. The smallest absolute Gasteiger partial charge is 0.343 e. The Kier molecular flexibility index (Phi) is 5.31. The summed E-state index contributed by atoms with van der Waals surface area (Å²) in [7, 11) is 1.63. The Labute approximate surface area is 145 Å². The molecule has 0 aliphatic carbocycles. The molecule has 0 unspecified atom stereocenters. The number of methoxy groups -OCH3 is 1. The van der Waals surface area contributed by atoms with Gasteiger partial charge in [-0.2, -0.15) is 5.10 Å². The van der Waals surface area contributed by atoms with E-state index in [1.54, 1.807) is 7.11 Å². The highest BCUT2D eigenvalue weighted by Gasteiger charge is 2.03. The summed E-state index contributed by atoms with van der Waals surface area (Å²) in [6, 6.07) is 17.5. The van der Waals surface area contributed by atoms with Gasteiger partial charge < -0.3 is 10.1 Å². The zero-order valence-electron chi connectivity index (χ0n) is 14.0. The number of rotatable bonds is 7. The van der Waals surface area contributed by atoms with E-state index in [1.807, 2.05) is 66.7 Å². The van der Waals surface area contributed by atoms with Crippen LogP contribution in [0.3, 0.4) is 0 Å². The van der Waals surface area contributed by atoms with Gasteiger partial charge in [0.2, 0.25) is 0 Å². The zero-order valence-corrected chi connectivity index (χ0v) is 14.0. The summed E-state index contributed by atoms with van der Waals surface area (Å²) in [6.45, 7) is 0.865. The monoisotopic (exact) mass is 336 g/mol. The first-order valence-electron chi connectivity index (χ1n) is 8.00. The van der Waals surface area contributed by atoms with Crippen LogP contribution in [0.15, 0.2) is 65.5 Å². The molecular weight excluding hydrogens is 316 g/mol. The predicted molar refractivity (Wildman–Crippen MR) is 98.6 cm³/mol. The third-order valence-electron chi connectivity index (χ3n) is 3.67. The Balaban J connectivity index is 1.58. The number of H-pyrrole nitrogens is 1. The first kappa shape index (κ1) is 16.6. The Hall–Kier alpha value is -3.28. The second-order valence-corrected chi connectivity index (χ2v) is 5.45. The molecule has 6 heteroatoms. The summed E-state index contributed by atoms with van der Waals surface area (Å²) >= 11 is 0. The summed E-state index contributed by atoms with van der Waals surface area (Å²) in [5.74, 6) is 1.39. The van der Waals surface area contributed by atoms with Crippen LogP contribution in [-0.2, 0) is 13.1 Å². The van der Waals surface area contributed by atoms with Crippen molar-refractivity contribution >= 4 is 11.8 Å². The van der Waals surface area contributed by atoms with E-state index in [0.717, 1.165) is 17.0 Å². The maximum Gasteiger partial charge on any atom is 0.343 e. The molecule has 1 aromatic heterocycles. The van der Waals surface area contributed by atoms with Gasteiger partial charge in [-0.25, -0.2) is 9.48 Å². The topological polar surface area (TPSA) is 71.9 Å². The van der Waals surface area contributed by atoms with Crippen molar-refractivity contribution in [1.29, 1.82) is 0 Å². The Morgan fingerprint density at radius 3 is 2.64 bits per heavy atom. The quantitative estimate of drug-likeness (QED) is 0.696. The molecule has 2 N–H and O–H groups in total. The molecule has 0 fully saturated rings. The van der Waals surface area contributed by atoms with Gasteiger partial charge >= 0.3 is 5.69 Å². The summed E-state index contributed by atoms with van der Waals surface area (Å²) in [6.07, 6.45) is 3.88. The van der Waals surface area contributed by atoms with Crippen molar-refractivity contribution in [3.8, 4) is 5.75 Å². The number of nitrogens with one attached hydrogen (secondary N) is 2. The summed E-state index contributed by atoms with van der Waals surface area (Å²) < 4.78 is 6.53. The fraction of sp³-hybridized carbons (Fsp3) is 0.158. The van der Waals surface area contributed by atoms with Crippen LogP contribution in [0.2, 0.25) is 0 Å². The SMILES string of the molecule is COc1ccc(NCc2nn(C/C=C/c3ccccc3)c(=O)[nH]2)cc1. The Morgan fingerprint density at radius 1 is 1.16 bits per heavy atom. The predicted octanol–water partition coefficient (Wildman–Crippen LogP) is 2.91. The van der Waals surface area contributed by atoms with Crippen LogP contribution in [0.25, 0.3) is 6.08 Å². The van der Waals surface area contributed by atoms with E-state index < -0.39 is 0 Å². The van der Waals surface area contributed by atoms with Crippen molar-refractivity contribution in [3.63, 3.8) is 0 Å². The van der Waals surface area contributed by atoms with Crippen molar-refractivity contribution in [2.24, 2.45) is 0 Å². The molecule has 3 rings (SSSR count). The van der Waals surface area contributed by atoms with E-state index >= 15 is 0 Å². The van der Waals surface area contributed by atoms with Crippen molar-refractivity contribution in [1.82, 2.24) is 14.8 Å². The number of anilines is 1. The molecule has 0 aliphatic rings. The van der Waals surface area contributed by atoms with Gasteiger partial charge in [0.15, 0.2) is 0 Å². The van der Waals surface area contributed by atoms with E-state index in [9.17, 15) is 4.79 Å². The Morgan fingerprint density at radius 2 is 1.92 bits per heavy atom. The molecule has 0 amide bonds. The van der Waals surface area contributed by atoms with Crippen LogP contribution < -0.4 is 15.7 Å². The van der Waals surface area contributed by atoms with Crippen LogP contribution in [0.5, 0.6) is 5.75 Å². The fourth-order valence-electron chi connectivity index (χ4n) is 2.35. The lowest BCUT2D eigenvalue weighted by Crippen LogP contribution is -2.16. The van der Waals surface area contributed by atoms with Crippen LogP contribution in [0.1, 0.15) is 11.4 Å². The van der Waals surface area contributed by atoms with Gasteiger partial charge in [-0.15, -0.1) is 0 Å². The Bertz CT molecular complexity index is 880. The molecule has 0 saturated heterocycles.